The van der Waals surface area contributed by atoms with Gasteiger partial charge in [-0.05, 0) is 35.7 Å². The van der Waals surface area contributed by atoms with Crippen LogP contribution in [0.15, 0.2) is 71.7 Å². The summed E-state index contributed by atoms with van der Waals surface area (Å²) in [5.74, 6) is 1.38. The lowest BCUT2D eigenvalue weighted by molar-refractivity contribution is 0.309. The lowest BCUT2D eigenvalue weighted by Gasteiger charge is -2.14. The molecule has 0 spiro atoms. The van der Waals surface area contributed by atoms with Gasteiger partial charge in [-0.2, -0.15) is 0 Å². The molecule has 0 saturated carbocycles. The average molecular weight is 363 g/mol. The van der Waals surface area contributed by atoms with Gasteiger partial charge in [-0.1, -0.05) is 55.8 Å². The van der Waals surface area contributed by atoms with E-state index in [0.29, 0.717) is 24.5 Å². The van der Waals surface area contributed by atoms with Crippen LogP contribution in [0.4, 0.5) is 0 Å². The quantitative estimate of drug-likeness (QED) is 0.542. The molecule has 0 saturated heterocycles. The summed E-state index contributed by atoms with van der Waals surface area (Å²) in [6.45, 7) is 3.24. The first-order valence-electron chi connectivity index (χ1n) is 9.27. The zero-order valence-electron chi connectivity index (χ0n) is 15.9. The molecule has 3 rings (SSSR count). The Balaban J connectivity index is 2.01. The Kier molecular flexibility index (Phi) is 6.31. The van der Waals surface area contributed by atoms with Crippen LogP contribution in [-0.4, -0.2) is 18.3 Å². The van der Waals surface area contributed by atoms with Gasteiger partial charge < -0.3 is 14.0 Å². The average Bonchev–Trinajstić information content (AvgIpc) is 2.71. The third-order valence-electron chi connectivity index (χ3n) is 4.46. The van der Waals surface area contributed by atoms with E-state index in [-0.39, 0.29) is 5.56 Å². The molecule has 0 aliphatic heterocycles. The second kappa shape index (κ2) is 9.08. The topological polar surface area (TPSA) is 40.5 Å². The van der Waals surface area contributed by atoms with Crippen LogP contribution in [-0.2, 0) is 6.54 Å². The van der Waals surface area contributed by atoms with Crippen molar-refractivity contribution in [2.45, 2.75) is 26.3 Å². The highest BCUT2D eigenvalue weighted by atomic mass is 16.5. The van der Waals surface area contributed by atoms with Crippen molar-refractivity contribution in [2.75, 3.05) is 13.7 Å². The Morgan fingerprint density at radius 3 is 2.37 bits per heavy atom. The van der Waals surface area contributed by atoms with Gasteiger partial charge in [0.25, 0.3) is 5.56 Å². The first kappa shape index (κ1) is 18.8. The van der Waals surface area contributed by atoms with Crippen molar-refractivity contribution in [2.24, 2.45) is 0 Å². The van der Waals surface area contributed by atoms with E-state index >= 15 is 0 Å². The van der Waals surface area contributed by atoms with Gasteiger partial charge in [-0.3, -0.25) is 4.79 Å². The number of hydrogen-bond acceptors (Lipinski definition) is 3. The largest absolute Gasteiger partial charge is 0.497 e. The van der Waals surface area contributed by atoms with E-state index in [9.17, 15) is 4.79 Å². The van der Waals surface area contributed by atoms with Crippen molar-refractivity contribution < 1.29 is 9.47 Å². The predicted octanol–water partition coefficient (Wildman–Crippen LogP) is 4.75. The zero-order chi connectivity index (χ0) is 19.1. The van der Waals surface area contributed by atoms with Gasteiger partial charge in [0.1, 0.15) is 11.5 Å². The fraction of sp³-hybridized carbons (Fsp3) is 0.261. The number of unbranched alkanes of at least 4 members (excludes halogenated alkanes) is 1. The molecule has 1 aromatic heterocycles. The molecule has 0 amide bonds. The van der Waals surface area contributed by atoms with Crippen LogP contribution in [0.2, 0.25) is 0 Å². The third kappa shape index (κ3) is 4.59. The first-order valence-corrected chi connectivity index (χ1v) is 9.27. The summed E-state index contributed by atoms with van der Waals surface area (Å²) in [6.07, 6.45) is 3.81. The Morgan fingerprint density at radius 1 is 0.963 bits per heavy atom. The second-order valence-corrected chi connectivity index (χ2v) is 6.40. The maximum atomic E-state index is 13.2. The van der Waals surface area contributed by atoms with Gasteiger partial charge in [-0.15, -0.1) is 0 Å². The molecule has 3 aromatic rings. The van der Waals surface area contributed by atoms with Crippen molar-refractivity contribution in [3.63, 3.8) is 0 Å². The normalized spacial score (nSPS) is 10.6. The Morgan fingerprint density at radius 2 is 1.70 bits per heavy atom. The highest BCUT2D eigenvalue weighted by Crippen LogP contribution is 2.28. The first-order chi connectivity index (χ1) is 13.2. The van der Waals surface area contributed by atoms with Gasteiger partial charge in [0.15, 0.2) is 0 Å². The molecule has 140 valence electrons. The molecule has 0 bridgehead atoms. The highest BCUT2D eigenvalue weighted by Gasteiger charge is 2.14. The van der Waals surface area contributed by atoms with Gasteiger partial charge in [0, 0.05) is 6.20 Å². The monoisotopic (exact) mass is 363 g/mol. The van der Waals surface area contributed by atoms with E-state index in [0.717, 1.165) is 29.7 Å². The summed E-state index contributed by atoms with van der Waals surface area (Å²) in [7, 11) is 1.63. The standard InChI is InChI=1S/C23H25NO3/c1-3-4-16-27-21-14-15-24(17-18-8-6-5-7-9-18)23(25)22(21)19-10-12-20(26-2)13-11-19/h5-15H,3-4,16-17H2,1-2H3. The number of methoxy groups -OCH3 is 1. The van der Waals surface area contributed by atoms with Gasteiger partial charge in [0.05, 0.1) is 25.8 Å². The predicted molar refractivity (Wildman–Crippen MR) is 109 cm³/mol. The number of benzene rings is 2. The number of aromatic nitrogens is 1. The minimum Gasteiger partial charge on any atom is -0.497 e. The molecule has 0 atom stereocenters. The summed E-state index contributed by atoms with van der Waals surface area (Å²) < 4.78 is 12.9. The fourth-order valence-electron chi connectivity index (χ4n) is 2.93. The summed E-state index contributed by atoms with van der Waals surface area (Å²) in [6, 6.07) is 19.4. The van der Waals surface area contributed by atoms with Crippen molar-refractivity contribution in [1.82, 2.24) is 4.57 Å². The lowest BCUT2D eigenvalue weighted by atomic mass is 10.1. The van der Waals surface area contributed by atoms with Crippen LogP contribution >= 0.6 is 0 Å². The van der Waals surface area contributed by atoms with Crippen molar-refractivity contribution in [3.05, 3.63) is 82.8 Å². The van der Waals surface area contributed by atoms with E-state index in [1.54, 1.807) is 11.7 Å². The molecule has 0 aliphatic rings. The van der Waals surface area contributed by atoms with Crippen LogP contribution in [0.3, 0.4) is 0 Å². The number of hydrogen-bond donors (Lipinski definition) is 0. The van der Waals surface area contributed by atoms with Crippen LogP contribution in [0.25, 0.3) is 11.1 Å². The lowest BCUT2D eigenvalue weighted by Crippen LogP contribution is -2.22. The van der Waals surface area contributed by atoms with Crippen molar-refractivity contribution in [1.29, 1.82) is 0 Å². The fourth-order valence-corrected chi connectivity index (χ4v) is 2.93. The Hall–Kier alpha value is -3.01. The van der Waals surface area contributed by atoms with Crippen LogP contribution < -0.4 is 15.0 Å². The molecule has 0 aliphatic carbocycles. The highest BCUT2D eigenvalue weighted by molar-refractivity contribution is 5.70. The molecular formula is C23H25NO3. The van der Waals surface area contributed by atoms with E-state index in [1.165, 1.54) is 0 Å². The van der Waals surface area contributed by atoms with Gasteiger partial charge >= 0.3 is 0 Å². The number of rotatable bonds is 8. The molecule has 1 heterocycles. The molecule has 0 fully saturated rings. The summed E-state index contributed by atoms with van der Waals surface area (Å²) in [4.78, 5) is 13.2. The molecule has 27 heavy (non-hydrogen) atoms. The summed E-state index contributed by atoms with van der Waals surface area (Å²) in [5, 5.41) is 0. The molecule has 2 aromatic carbocycles. The number of ether oxygens (including phenoxy) is 2. The Bertz CT molecular complexity index is 915. The molecule has 0 N–H and O–H groups in total. The van der Waals surface area contributed by atoms with E-state index < -0.39 is 0 Å². The van der Waals surface area contributed by atoms with Crippen molar-refractivity contribution >= 4 is 0 Å². The second-order valence-electron chi connectivity index (χ2n) is 6.40. The van der Waals surface area contributed by atoms with E-state index in [4.69, 9.17) is 9.47 Å². The van der Waals surface area contributed by atoms with Gasteiger partial charge in [-0.25, -0.2) is 0 Å². The molecule has 4 nitrogen and oxygen atoms in total. The number of pyridine rings is 1. The molecular weight excluding hydrogens is 338 g/mol. The van der Waals surface area contributed by atoms with Crippen molar-refractivity contribution in [3.8, 4) is 22.6 Å². The SMILES string of the molecule is CCCCOc1ccn(Cc2ccccc2)c(=O)c1-c1ccc(OC)cc1. The van der Waals surface area contributed by atoms with E-state index in [1.807, 2.05) is 66.9 Å². The zero-order valence-corrected chi connectivity index (χ0v) is 15.9. The molecule has 4 heteroatoms. The smallest absolute Gasteiger partial charge is 0.262 e. The van der Waals surface area contributed by atoms with Crippen LogP contribution in [0.5, 0.6) is 11.5 Å². The molecule has 0 radical (unpaired) electrons. The van der Waals surface area contributed by atoms with Crippen LogP contribution in [0.1, 0.15) is 25.3 Å². The van der Waals surface area contributed by atoms with Crippen LogP contribution in [0, 0.1) is 0 Å². The minimum atomic E-state index is -0.0574. The maximum absolute atomic E-state index is 13.2. The summed E-state index contributed by atoms with van der Waals surface area (Å²) >= 11 is 0. The maximum Gasteiger partial charge on any atom is 0.262 e. The minimum absolute atomic E-state index is 0.0574. The van der Waals surface area contributed by atoms with E-state index in [2.05, 4.69) is 6.92 Å². The molecule has 0 unspecified atom stereocenters. The summed E-state index contributed by atoms with van der Waals surface area (Å²) in [5.41, 5.74) is 2.44. The van der Waals surface area contributed by atoms with Gasteiger partial charge in [0.2, 0.25) is 0 Å². The third-order valence-corrected chi connectivity index (χ3v) is 4.46. The Labute approximate surface area is 160 Å². The number of nitrogens with zero attached hydrogens (tertiary/aromatic N) is 1.